The molecule has 3 heteroatoms. The largest absolute Gasteiger partial charge is 0.481 e. The van der Waals surface area contributed by atoms with E-state index in [1.54, 1.807) is 0 Å². The second-order valence-electron chi connectivity index (χ2n) is 3.54. The van der Waals surface area contributed by atoms with Gasteiger partial charge in [0.2, 0.25) is 0 Å². The summed E-state index contributed by atoms with van der Waals surface area (Å²) in [7, 11) is 0. The van der Waals surface area contributed by atoms with Crippen molar-refractivity contribution in [2.24, 2.45) is 5.92 Å². The van der Waals surface area contributed by atoms with E-state index >= 15 is 0 Å². The van der Waals surface area contributed by atoms with Gasteiger partial charge in [0.1, 0.15) is 0 Å². The molecule has 0 aromatic rings. The second-order valence-corrected chi connectivity index (χ2v) is 5.46. The molecule has 1 rings (SSSR count). The lowest BCUT2D eigenvalue weighted by Gasteiger charge is -2.31. The van der Waals surface area contributed by atoms with E-state index < -0.39 is 5.97 Å². The zero-order valence-corrected chi connectivity index (χ0v) is 8.23. The third-order valence-corrected chi connectivity index (χ3v) is 2.99. The summed E-state index contributed by atoms with van der Waals surface area (Å²) in [6.45, 7) is 2.07. The summed E-state index contributed by atoms with van der Waals surface area (Å²) in [5.41, 5.74) is 0. The normalized spacial score (nSPS) is 38.5. The Kier molecular flexibility index (Phi) is 2.58. The van der Waals surface area contributed by atoms with Crippen LogP contribution in [0, 0.1) is 5.92 Å². The minimum Gasteiger partial charge on any atom is -0.481 e. The summed E-state index contributed by atoms with van der Waals surface area (Å²) >= 11 is 3.54. The number of alkyl halides is 1. The van der Waals surface area contributed by atoms with Crippen LogP contribution in [0.2, 0.25) is 0 Å². The number of carboxylic acid groups (broad SMARTS) is 1. The molecule has 11 heavy (non-hydrogen) atoms. The van der Waals surface area contributed by atoms with Gasteiger partial charge in [-0.05, 0) is 26.2 Å². The predicted octanol–water partition coefficient (Wildman–Crippen LogP) is 2.41. The first-order valence-corrected chi connectivity index (χ1v) is 4.72. The van der Waals surface area contributed by atoms with E-state index in [1.807, 2.05) is 0 Å². The maximum atomic E-state index is 10.6. The molecule has 2 atom stereocenters. The Balaban J connectivity index is 2.53. The van der Waals surface area contributed by atoms with Crippen LogP contribution < -0.4 is 0 Å². The van der Waals surface area contributed by atoms with Gasteiger partial charge >= 0.3 is 5.97 Å². The average molecular weight is 221 g/mol. The molecule has 0 bridgehead atoms. The Morgan fingerprint density at radius 2 is 2.36 bits per heavy atom. The molecule has 1 fully saturated rings. The fourth-order valence-corrected chi connectivity index (χ4v) is 2.32. The quantitative estimate of drug-likeness (QED) is 0.690. The first-order valence-electron chi connectivity index (χ1n) is 3.93. The standard InChI is InChI=1S/C8H13BrO2/c1-8(9)4-2-3-6(5-8)7(10)11/h6H,2-5H2,1H3,(H,10,11). The Hall–Kier alpha value is -0.0500. The summed E-state index contributed by atoms with van der Waals surface area (Å²) in [4.78, 5) is 10.6. The van der Waals surface area contributed by atoms with E-state index in [0.29, 0.717) is 0 Å². The molecule has 2 unspecified atom stereocenters. The van der Waals surface area contributed by atoms with E-state index in [2.05, 4.69) is 22.9 Å². The average Bonchev–Trinajstić information content (AvgIpc) is 1.85. The van der Waals surface area contributed by atoms with Gasteiger partial charge in [0, 0.05) is 4.32 Å². The van der Waals surface area contributed by atoms with Crippen molar-refractivity contribution in [3.05, 3.63) is 0 Å². The van der Waals surface area contributed by atoms with E-state index in [4.69, 9.17) is 5.11 Å². The summed E-state index contributed by atoms with van der Waals surface area (Å²) in [5.74, 6) is -0.775. The van der Waals surface area contributed by atoms with Gasteiger partial charge in [0.25, 0.3) is 0 Å². The number of hydrogen-bond donors (Lipinski definition) is 1. The van der Waals surface area contributed by atoms with Crippen LogP contribution in [0.3, 0.4) is 0 Å². The Morgan fingerprint density at radius 3 is 2.73 bits per heavy atom. The molecule has 1 saturated carbocycles. The van der Waals surface area contributed by atoms with Gasteiger partial charge in [-0.3, -0.25) is 4.79 Å². The van der Waals surface area contributed by atoms with Crippen molar-refractivity contribution in [2.75, 3.05) is 0 Å². The lowest BCUT2D eigenvalue weighted by molar-refractivity contribution is -0.143. The van der Waals surface area contributed by atoms with Crippen molar-refractivity contribution in [2.45, 2.75) is 36.9 Å². The molecule has 0 aromatic carbocycles. The van der Waals surface area contributed by atoms with Gasteiger partial charge in [-0.15, -0.1) is 0 Å². The maximum absolute atomic E-state index is 10.6. The maximum Gasteiger partial charge on any atom is 0.306 e. The molecule has 1 aliphatic rings. The summed E-state index contributed by atoms with van der Waals surface area (Å²) in [6, 6.07) is 0. The Morgan fingerprint density at radius 1 is 1.73 bits per heavy atom. The fourth-order valence-electron chi connectivity index (χ4n) is 1.65. The number of halogens is 1. The number of carboxylic acids is 1. The summed E-state index contributed by atoms with van der Waals surface area (Å²) < 4.78 is 0.0638. The molecular formula is C8H13BrO2. The van der Waals surface area contributed by atoms with Gasteiger partial charge in [0.15, 0.2) is 0 Å². The Labute approximate surface area is 75.1 Å². The molecule has 0 aromatic heterocycles. The molecule has 0 heterocycles. The highest BCUT2D eigenvalue weighted by Gasteiger charge is 2.33. The van der Waals surface area contributed by atoms with Crippen molar-refractivity contribution in [3.8, 4) is 0 Å². The van der Waals surface area contributed by atoms with E-state index in [1.165, 1.54) is 0 Å². The van der Waals surface area contributed by atoms with Gasteiger partial charge in [-0.2, -0.15) is 0 Å². The van der Waals surface area contributed by atoms with Gasteiger partial charge in [-0.25, -0.2) is 0 Å². The molecule has 0 spiro atoms. The topological polar surface area (TPSA) is 37.3 Å². The smallest absolute Gasteiger partial charge is 0.306 e. The first-order chi connectivity index (χ1) is 5.01. The van der Waals surface area contributed by atoms with Gasteiger partial charge in [-0.1, -0.05) is 22.4 Å². The molecule has 1 aliphatic carbocycles. The highest BCUT2D eigenvalue weighted by atomic mass is 79.9. The fraction of sp³-hybridized carbons (Fsp3) is 0.875. The third kappa shape index (κ3) is 2.47. The van der Waals surface area contributed by atoms with Crippen molar-refractivity contribution in [1.82, 2.24) is 0 Å². The van der Waals surface area contributed by atoms with Crippen molar-refractivity contribution >= 4 is 21.9 Å². The lowest BCUT2D eigenvalue weighted by atomic mass is 9.82. The number of rotatable bonds is 1. The number of hydrogen-bond acceptors (Lipinski definition) is 1. The molecule has 1 N–H and O–H groups in total. The molecule has 0 saturated heterocycles. The van der Waals surface area contributed by atoms with E-state index in [0.717, 1.165) is 25.7 Å². The van der Waals surface area contributed by atoms with Crippen LogP contribution in [0.5, 0.6) is 0 Å². The molecular weight excluding hydrogens is 208 g/mol. The van der Waals surface area contributed by atoms with Crippen LogP contribution >= 0.6 is 15.9 Å². The van der Waals surface area contributed by atoms with Gasteiger partial charge in [0.05, 0.1) is 5.92 Å². The predicted molar refractivity (Wildman–Crippen MR) is 46.9 cm³/mol. The van der Waals surface area contributed by atoms with Crippen molar-refractivity contribution in [1.29, 1.82) is 0 Å². The number of aliphatic carboxylic acids is 1. The lowest BCUT2D eigenvalue weighted by Crippen LogP contribution is -2.30. The number of carbonyl (C=O) groups is 1. The molecule has 64 valence electrons. The monoisotopic (exact) mass is 220 g/mol. The third-order valence-electron chi connectivity index (χ3n) is 2.27. The highest BCUT2D eigenvalue weighted by Crippen LogP contribution is 2.38. The van der Waals surface area contributed by atoms with Crippen LogP contribution in [-0.4, -0.2) is 15.4 Å². The van der Waals surface area contributed by atoms with Crippen LogP contribution in [0.25, 0.3) is 0 Å². The van der Waals surface area contributed by atoms with Crippen LogP contribution in [0.15, 0.2) is 0 Å². The zero-order chi connectivity index (χ0) is 8.48. The van der Waals surface area contributed by atoms with Crippen LogP contribution in [-0.2, 0) is 4.79 Å². The van der Waals surface area contributed by atoms with Crippen LogP contribution in [0.4, 0.5) is 0 Å². The minimum atomic E-state index is -0.643. The second kappa shape index (κ2) is 3.13. The van der Waals surface area contributed by atoms with Crippen molar-refractivity contribution < 1.29 is 9.90 Å². The highest BCUT2D eigenvalue weighted by molar-refractivity contribution is 9.10. The molecule has 0 amide bonds. The Bertz CT molecular complexity index is 165. The van der Waals surface area contributed by atoms with E-state index in [9.17, 15) is 4.79 Å². The summed E-state index contributed by atoms with van der Waals surface area (Å²) in [5, 5.41) is 8.75. The molecule has 0 aliphatic heterocycles. The summed E-state index contributed by atoms with van der Waals surface area (Å²) in [6.07, 6.45) is 3.73. The van der Waals surface area contributed by atoms with Crippen LogP contribution in [0.1, 0.15) is 32.6 Å². The molecule has 2 nitrogen and oxygen atoms in total. The SMILES string of the molecule is CC1(Br)CCCC(C(=O)O)C1. The van der Waals surface area contributed by atoms with Gasteiger partial charge < -0.3 is 5.11 Å². The zero-order valence-electron chi connectivity index (χ0n) is 6.64. The minimum absolute atomic E-state index is 0.0638. The van der Waals surface area contributed by atoms with E-state index in [-0.39, 0.29) is 10.2 Å². The van der Waals surface area contributed by atoms with Crippen molar-refractivity contribution in [3.63, 3.8) is 0 Å². The molecule has 0 radical (unpaired) electrons. The first kappa shape index (κ1) is 9.04.